The fraction of sp³-hybridized carbons (Fsp3) is 0.833. The maximum Gasteiger partial charge on any atom is 0.00923 e. The molecule has 0 spiro atoms. The van der Waals surface area contributed by atoms with E-state index in [1.807, 2.05) is 6.08 Å². The summed E-state index contributed by atoms with van der Waals surface area (Å²) in [6, 6.07) is 0.790. The third kappa shape index (κ3) is 3.51. The van der Waals surface area contributed by atoms with Crippen molar-refractivity contribution in [1.29, 1.82) is 0 Å². The minimum absolute atomic E-state index is 0.790. The third-order valence-corrected chi connectivity index (χ3v) is 3.26. The van der Waals surface area contributed by atoms with Gasteiger partial charge in [0.1, 0.15) is 0 Å². The van der Waals surface area contributed by atoms with Crippen molar-refractivity contribution in [2.45, 2.75) is 51.0 Å². The number of allylic oxidation sites excluding steroid dienone is 1. The van der Waals surface area contributed by atoms with Crippen LogP contribution in [0.2, 0.25) is 0 Å². The van der Waals surface area contributed by atoms with Crippen LogP contribution in [0, 0.1) is 5.92 Å². The number of hydrogen-bond donors (Lipinski definition) is 1. The van der Waals surface area contributed by atoms with Crippen molar-refractivity contribution >= 4 is 0 Å². The van der Waals surface area contributed by atoms with Crippen LogP contribution in [0.3, 0.4) is 0 Å². The van der Waals surface area contributed by atoms with E-state index in [9.17, 15) is 0 Å². The molecule has 1 aliphatic rings. The van der Waals surface area contributed by atoms with Crippen LogP contribution < -0.4 is 5.32 Å². The molecule has 0 aliphatic heterocycles. The maximum absolute atomic E-state index is 3.77. The second-order valence-electron chi connectivity index (χ2n) is 4.16. The van der Waals surface area contributed by atoms with Crippen LogP contribution in [0.4, 0.5) is 0 Å². The molecule has 0 aromatic heterocycles. The Kier molecular flexibility index (Phi) is 5.14. The van der Waals surface area contributed by atoms with E-state index in [4.69, 9.17) is 0 Å². The predicted molar refractivity (Wildman–Crippen MR) is 58.9 cm³/mol. The molecule has 0 bridgehead atoms. The molecule has 1 heteroatoms. The van der Waals surface area contributed by atoms with E-state index in [1.54, 1.807) is 0 Å². The summed E-state index contributed by atoms with van der Waals surface area (Å²) in [5.74, 6) is 0.929. The monoisotopic (exact) mass is 181 g/mol. The summed E-state index contributed by atoms with van der Waals surface area (Å²) in [4.78, 5) is 0. The van der Waals surface area contributed by atoms with Crippen molar-refractivity contribution in [3.8, 4) is 0 Å². The molecule has 76 valence electrons. The minimum atomic E-state index is 0.790. The summed E-state index contributed by atoms with van der Waals surface area (Å²) < 4.78 is 0. The molecule has 1 fully saturated rings. The van der Waals surface area contributed by atoms with Gasteiger partial charge in [0.25, 0.3) is 0 Å². The van der Waals surface area contributed by atoms with Crippen molar-refractivity contribution in [3.63, 3.8) is 0 Å². The Hall–Kier alpha value is -0.300. The van der Waals surface area contributed by atoms with Gasteiger partial charge in [-0.3, -0.25) is 0 Å². The summed E-state index contributed by atoms with van der Waals surface area (Å²) in [7, 11) is 2.11. The van der Waals surface area contributed by atoms with Gasteiger partial charge in [-0.05, 0) is 45.1 Å². The Morgan fingerprint density at radius 3 is 2.85 bits per heavy atom. The van der Waals surface area contributed by atoms with Gasteiger partial charge in [0.15, 0.2) is 0 Å². The largest absolute Gasteiger partial charge is 0.317 e. The van der Waals surface area contributed by atoms with Gasteiger partial charge in [-0.15, -0.1) is 6.58 Å². The molecule has 13 heavy (non-hydrogen) atoms. The van der Waals surface area contributed by atoms with E-state index >= 15 is 0 Å². The molecule has 1 saturated carbocycles. The summed E-state index contributed by atoms with van der Waals surface area (Å²) in [5, 5.41) is 3.46. The van der Waals surface area contributed by atoms with Gasteiger partial charge in [-0.25, -0.2) is 0 Å². The van der Waals surface area contributed by atoms with Gasteiger partial charge in [0, 0.05) is 6.04 Å². The predicted octanol–water partition coefficient (Wildman–Crippen LogP) is 3.12. The highest BCUT2D eigenvalue weighted by Gasteiger charge is 2.22. The molecule has 2 unspecified atom stereocenters. The number of unbranched alkanes of at least 4 members (excludes halogenated alkanes) is 1. The fourth-order valence-electron chi connectivity index (χ4n) is 2.46. The zero-order valence-electron chi connectivity index (χ0n) is 8.89. The van der Waals surface area contributed by atoms with Crippen LogP contribution in [-0.2, 0) is 0 Å². The summed E-state index contributed by atoms with van der Waals surface area (Å²) in [6.45, 7) is 3.77. The van der Waals surface area contributed by atoms with E-state index < -0.39 is 0 Å². The van der Waals surface area contributed by atoms with E-state index in [-0.39, 0.29) is 0 Å². The summed E-state index contributed by atoms with van der Waals surface area (Å²) in [6.07, 6.45) is 11.6. The smallest absolute Gasteiger partial charge is 0.00923 e. The number of hydrogen-bond acceptors (Lipinski definition) is 1. The highest BCUT2D eigenvalue weighted by atomic mass is 14.9. The van der Waals surface area contributed by atoms with Gasteiger partial charge in [-0.1, -0.05) is 18.9 Å². The molecule has 0 radical (unpaired) electrons. The van der Waals surface area contributed by atoms with Crippen LogP contribution in [0.15, 0.2) is 12.7 Å². The Balaban J connectivity index is 2.23. The second-order valence-corrected chi connectivity index (χ2v) is 4.16. The summed E-state index contributed by atoms with van der Waals surface area (Å²) in [5.41, 5.74) is 0. The molecule has 0 saturated heterocycles. The van der Waals surface area contributed by atoms with Crippen LogP contribution >= 0.6 is 0 Å². The quantitative estimate of drug-likeness (QED) is 0.507. The first kappa shape index (κ1) is 10.8. The second kappa shape index (κ2) is 6.20. The van der Waals surface area contributed by atoms with Gasteiger partial charge in [0.05, 0.1) is 0 Å². The molecule has 2 atom stereocenters. The lowest BCUT2D eigenvalue weighted by molar-refractivity contribution is 0.256. The van der Waals surface area contributed by atoms with E-state index in [2.05, 4.69) is 18.9 Å². The summed E-state index contributed by atoms with van der Waals surface area (Å²) >= 11 is 0. The topological polar surface area (TPSA) is 12.0 Å². The van der Waals surface area contributed by atoms with Gasteiger partial charge in [-0.2, -0.15) is 0 Å². The average molecular weight is 181 g/mol. The third-order valence-electron chi connectivity index (χ3n) is 3.26. The Labute approximate surface area is 82.6 Å². The lowest BCUT2D eigenvalue weighted by Gasteiger charge is -2.31. The minimum Gasteiger partial charge on any atom is -0.317 e. The SMILES string of the molecule is C=CCCCC1CCCCC1NC. The van der Waals surface area contributed by atoms with Crippen molar-refractivity contribution in [2.24, 2.45) is 5.92 Å². The van der Waals surface area contributed by atoms with E-state index in [0.29, 0.717) is 0 Å². The molecular weight excluding hydrogens is 158 g/mol. The van der Waals surface area contributed by atoms with Crippen LogP contribution in [0.1, 0.15) is 44.9 Å². The fourth-order valence-corrected chi connectivity index (χ4v) is 2.46. The molecule has 0 heterocycles. The molecule has 1 N–H and O–H groups in total. The highest BCUT2D eigenvalue weighted by Crippen LogP contribution is 2.28. The van der Waals surface area contributed by atoms with Crippen LogP contribution in [0.25, 0.3) is 0 Å². The zero-order valence-corrected chi connectivity index (χ0v) is 8.89. The number of nitrogens with one attached hydrogen (secondary N) is 1. The average Bonchev–Trinajstić information content (AvgIpc) is 2.19. The number of rotatable bonds is 5. The Bertz CT molecular complexity index is 142. The van der Waals surface area contributed by atoms with Crippen LogP contribution in [-0.4, -0.2) is 13.1 Å². The molecule has 0 aromatic rings. The van der Waals surface area contributed by atoms with Crippen molar-refractivity contribution in [3.05, 3.63) is 12.7 Å². The standard InChI is InChI=1S/C12H23N/c1-3-4-5-8-11-9-6-7-10-12(11)13-2/h3,11-13H,1,4-10H2,2H3. The van der Waals surface area contributed by atoms with Crippen molar-refractivity contribution < 1.29 is 0 Å². The van der Waals surface area contributed by atoms with Gasteiger partial charge >= 0.3 is 0 Å². The maximum atomic E-state index is 3.77. The normalized spacial score (nSPS) is 28.7. The molecule has 0 amide bonds. The first-order valence-corrected chi connectivity index (χ1v) is 5.66. The first-order valence-electron chi connectivity index (χ1n) is 5.66. The first-order chi connectivity index (χ1) is 6.38. The lowest BCUT2D eigenvalue weighted by atomic mass is 9.81. The zero-order chi connectivity index (χ0) is 9.52. The molecule has 1 aliphatic carbocycles. The Morgan fingerprint density at radius 2 is 2.15 bits per heavy atom. The molecule has 0 aromatic carbocycles. The van der Waals surface area contributed by atoms with Gasteiger partial charge in [0.2, 0.25) is 0 Å². The van der Waals surface area contributed by atoms with Crippen molar-refractivity contribution in [1.82, 2.24) is 5.32 Å². The lowest BCUT2D eigenvalue weighted by Crippen LogP contribution is -2.35. The molecule has 1 nitrogen and oxygen atoms in total. The molecule has 1 rings (SSSR count). The highest BCUT2D eigenvalue weighted by molar-refractivity contribution is 4.80. The molecular formula is C12H23N. The van der Waals surface area contributed by atoms with E-state index in [0.717, 1.165) is 12.0 Å². The van der Waals surface area contributed by atoms with Crippen molar-refractivity contribution in [2.75, 3.05) is 7.05 Å². The van der Waals surface area contributed by atoms with Gasteiger partial charge < -0.3 is 5.32 Å². The van der Waals surface area contributed by atoms with E-state index in [1.165, 1.54) is 44.9 Å². The van der Waals surface area contributed by atoms with Crippen LogP contribution in [0.5, 0.6) is 0 Å². The Morgan fingerprint density at radius 1 is 1.38 bits per heavy atom.